The van der Waals surface area contributed by atoms with Gasteiger partial charge in [-0.15, -0.1) is 0 Å². The Labute approximate surface area is 158 Å². The predicted molar refractivity (Wildman–Crippen MR) is 102 cm³/mol. The quantitative estimate of drug-likeness (QED) is 0.494. The summed E-state index contributed by atoms with van der Waals surface area (Å²) in [7, 11) is 0. The summed E-state index contributed by atoms with van der Waals surface area (Å²) in [4.78, 5) is 25.0. The van der Waals surface area contributed by atoms with Crippen LogP contribution in [0.1, 0.15) is 16.2 Å². The zero-order valence-corrected chi connectivity index (χ0v) is 15.5. The molecule has 0 aliphatic rings. The van der Waals surface area contributed by atoms with Gasteiger partial charge in [0.05, 0.1) is 9.99 Å². The number of rotatable bonds is 3. The van der Waals surface area contributed by atoms with Crippen molar-refractivity contribution in [2.24, 2.45) is 0 Å². The maximum atomic E-state index is 10.3. The number of pyridine rings is 2. The Morgan fingerprint density at radius 3 is 2.46 bits per heavy atom. The smallest absolute Gasteiger partial charge is 0.233 e. The van der Waals surface area contributed by atoms with Crippen molar-refractivity contribution in [1.29, 1.82) is 0 Å². The third-order valence-electron chi connectivity index (χ3n) is 3.35. The van der Waals surface area contributed by atoms with E-state index in [-0.39, 0.29) is 0 Å². The summed E-state index contributed by atoms with van der Waals surface area (Å²) in [5, 5.41) is 0. The Kier molecular flexibility index (Phi) is 5.70. The van der Waals surface area contributed by atoms with Crippen molar-refractivity contribution in [2.75, 3.05) is 0 Å². The van der Waals surface area contributed by atoms with Gasteiger partial charge in [0.15, 0.2) is 17.8 Å². The van der Waals surface area contributed by atoms with E-state index in [1.54, 1.807) is 18.5 Å². The second kappa shape index (κ2) is 8.35. The molecule has 130 valence electrons. The summed E-state index contributed by atoms with van der Waals surface area (Å²) >= 11 is 3.38. The zero-order chi connectivity index (χ0) is 18.4. The number of nitrogens with zero attached hydrogens (tertiary/aromatic N) is 3. The molecule has 1 N–H and O–H groups in total. The minimum atomic E-state index is 0.318. The first-order valence-corrected chi connectivity index (χ1v) is 8.56. The van der Waals surface area contributed by atoms with Crippen LogP contribution >= 0.6 is 15.9 Å². The highest BCUT2D eigenvalue weighted by Crippen LogP contribution is 2.26. The number of aromatic nitrogens is 4. The number of halogens is 1. The second-order valence-electron chi connectivity index (χ2n) is 5.32. The van der Waals surface area contributed by atoms with Gasteiger partial charge in [-0.3, -0.25) is 4.79 Å². The molecule has 3 aromatic heterocycles. The number of ether oxygens (including phenoxy) is 1. The van der Waals surface area contributed by atoms with Crippen LogP contribution in [0.15, 0.2) is 65.4 Å². The molecule has 0 unspecified atom stereocenters. The van der Waals surface area contributed by atoms with Gasteiger partial charge in [-0.05, 0) is 59.3 Å². The SMILES string of the molecule is Cc1ccc(Oc2ncccc2Br)cc1.O=Cc1nc2ncccc2[nH]1. The highest BCUT2D eigenvalue weighted by atomic mass is 79.9. The normalized spacial score (nSPS) is 10.1. The number of nitrogens with one attached hydrogen (secondary N) is 1. The van der Waals surface area contributed by atoms with Gasteiger partial charge in [0.25, 0.3) is 0 Å². The molecular weight excluding hydrogens is 396 g/mol. The third kappa shape index (κ3) is 4.52. The first kappa shape index (κ1) is 17.8. The molecule has 0 fully saturated rings. The zero-order valence-electron chi connectivity index (χ0n) is 13.9. The maximum Gasteiger partial charge on any atom is 0.233 e. The molecule has 0 aliphatic carbocycles. The monoisotopic (exact) mass is 410 g/mol. The number of carbonyl (C=O) groups is 1. The first-order valence-electron chi connectivity index (χ1n) is 7.76. The van der Waals surface area contributed by atoms with Crippen LogP contribution in [0.5, 0.6) is 11.6 Å². The van der Waals surface area contributed by atoms with Crippen molar-refractivity contribution in [3.8, 4) is 11.6 Å². The standard InChI is InChI=1S/C12H10BrNO.C7H5N3O/c1-9-4-6-10(7-5-9)15-12-11(13)3-2-8-14-12;11-4-6-9-5-2-1-3-8-7(5)10-6/h2-8H,1H3;1-4H,(H,8,9,10). The molecule has 0 bridgehead atoms. The van der Waals surface area contributed by atoms with Gasteiger partial charge < -0.3 is 9.72 Å². The fourth-order valence-corrected chi connectivity index (χ4v) is 2.42. The Balaban J connectivity index is 0.000000158. The van der Waals surface area contributed by atoms with Crippen molar-refractivity contribution in [3.05, 3.63) is 76.8 Å². The van der Waals surface area contributed by atoms with E-state index in [0.717, 1.165) is 15.7 Å². The summed E-state index contributed by atoms with van der Waals surface area (Å²) in [6.45, 7) is 2.04. The molecule has 0 spiro atoms. The molecule has 6 nitrogen and oxygen atoms in total. The van der Waals surface area contributed by atoms with Crippen molar-refractivity contribution >= 4 is 33.4 Å². The highest BCUT2D eigenvalue weighted by Gasteiger charge is 2.02. The number of hydrogen-bond donors (Lipinski definition) is 1. The van der Waals surface area contributed by atoms with Crippen molar-refractivity contribution in [2.45, 2.75) is 6.92 Å². The molecule has 0 radical (unpaired) electrons. The first-order chi connectivity index (χ1) is 12.7. The lowest BCUT2D eigenvalue weighted by Gasteiger charge is -2.05. The van der Waals surface area contributed by atoms with Gasteiger partial charge in [0, 0.05) is 12.4 Å². The molecule has 4 aromatic rings. The van der Waals surface area contributed by atoms with Gasteiger partial charge in [0.2, 0.25) is 5.88 Å². The van der Waals surface area contributed by atoms with E-state index >= 15 is 0 Å². The summed E-state index contributed by atoms with van der Waals surface area (Å²) in [6.07, 6.45) is 4.01. The van der Waals surface area contributed by atoms with Crippen LogP contribution in [0.4, 0.5) is 0 Å². The summed E-state index contributed by atoms with van der Waals surface area (Å²) in [6, 6.07) is 15.2. The van der Waals surface area contributed by atoms with E-state index in [4.69, 9.17) is 4.74 Å². The van der Waals surface area contributed by atoms with Crippen molar-refractivity contribution in [3.63, 3.8) is 0 Å². The summed E-state index contributed by atoms with van der Waals surface area (Å²) < 4.78 is 6.46. The molecule has 0 saturated heterocycles. The lowest BCUT2D eigenvalue weighted by molar-refractivity contribution is 0.111. The van der Waals surface area contributed by atoms with E-state index in [0.29, 0.717) is 23.6 Å². The number of carbonyl (C=O) groups excluding carboxylic acids is 1. The minimum Gasteiger partial charge on any atom is -0.438 e. The molecule has 0 saturated carbocycles. The largest absolute Gasteiger partial charge is 0.438 e. The van der Waals surface area contributed by atoms with Crippen molar-refractivity contribution < 1.29 is 9.53 Å². The van der Waals surface area contributed by atoms with E-state index in [2.05, 4.69) is 35.9 Å². The number of imidazole rings is 1. The third-order valence-corrected chi connectivity index (χ3v) is 3.95. The lowest BCUT2D eigenvalue weighted by atomic mass is 10.2. The Hall–Kier alpha value is -3.06. The van der Waals surface area contributed by atoms with E-state index in [1.807, 2.05) is 49.4 Å². The number of fused-ring (bicyclic) bond motifs is 1. The lowest BCUT2D eigenvalue weighted by Crippen LogP contribution is -1.88. The molecule has 7 heteroatoms. The fraction of sp³-hybridized carbons (Fsp3) is 0.0526. The van der Waals surface area contributed by atoms with Gasteiger partial charge in [0.1, 0.15) is 5.75 Å². The van der Waals surface area contributed by atoms with Crippen LogP contribution in [0.3, 0.4) is 0 Å². The van der Waals surface area contributed by atoms with E-state index < -0.39 is 0 Å². The molecule has 0 amide bonds. The van der Waals surface area contributed by atoms with Crippen LogP contribution < -0.4 is 4.74 Å². The molecule has 1 aromatic carbocycles. The fourth-order valence-electron chi connectivity index (χ4n) is 2.08. The Morgan fingerprint density at radius 1 is 1.04 bits per heavy atom. The van der Waals surface area contributed by atoms with Gasteiger partial charge in [-0.2, -0.15) is 0 Å². The minimum absolute atomic E-state index is 0.318. The summed E-state index contributed by atoms with van der Waals surface area (Å²) in [5.74, 6) is 1.69. The van der Waals surface area contributed by atoms with Crippen LogP contribution in [-0.4, -0.2) is 26.2 Å². The molecule has 4 rings (SSSR count). The van der Waals surface area contributed by atoms with Crippen LogP contribution in [0.25, 0.3) is 11.2 Å². The number of aryl methyl sites for hydroxylation is 1. The Bertz CT molecular complexity index is 982. The van der Waals surface area contributed by atoms with Crippen LogP contribution in [-0.2, 0) is 0 Å². The molecule has 0 aliphatic heterocycles. The molecule has 0 atom stereocenters. The van der Waals surface area contributed by atoms with E-state index in [9.17, 15) is 4.79 Å². The number of H-pyrrole nitrogens is 1. The van der Waals surface area contributed by atoms with Crippen molar-refractivity contribution in [1.82, 2.24) is 19.9 Å². The predicted octanol–water partition coefficient (Wildman–Crippen LogP) is 4.72. The van der Waals surface area contributed by atoms with Gasteiger partial charge >= 0.3 is 0 Å². The Morgan fingerprint density at radius 2 is 1.77 bits per heavy atom. The number of hydrogen-bond acceptors (Lipinski definition) is 5. The van der Waals surface area contributed by atoms with Crippen LogP contribution in [0, 0.1) is 6.92 Å². The molecule has 3 heterocycles. The number of aromatic amines is 1. The highest BCUT2D eigenvalue weighted by molar-refractivity contribution is 9.10. The second-order valence-corrected chi connectivity index (χ2v) is 6.17. The topological polar surface area (TPSA) is 80.8 Å². The van der Waals surface area contributed by atoms with Gasteiger partial charge in [-0.25, -0.2) is 15.0 Å². The van der Waals surface area contributed by atoms with E-state index in [1.165, 1.54) is 5.56 Å². The number of benzene rings is 1. The molecular formula is C19H15BrN4O2. The van der Waals surface area contributed by atoms with Crippen LogP contribution in [0.2, 0.25) is 0 Å². The average molecular weight is 411 g/mol. The number of aldehydes is 1. The maximum absolute atomic E-state index is 10.3. The van der Waals surface area contributed by atoms with Gasteiger partial charge in [-0.1, -0.05) is 17.7 Å². The molecule has 26 heavy (non-hydrogen) atoms. The summed E-state index contributed by atoms with van der Waals surface area (Å²) in [5.41, 5.74) is 2.58. The average Bonchev–Trinajstić information content (AvgIpc) is 3.09.